The van der Waals surface area contributed by atoms with Crippen molar-refractivity contribution in [2.75, 3.05) is 0 Å². The molecule has 0 bridgehead atoms. The van der Waals surface area contributed by atoms with Gasteiger partial charge in [-0.1, -0.05) is 53.7 Å². The van der Waals surface area contributed by atoms with Crippen molar-refractivity contribution in [3.05, 3.63) is 60.2 Å². The summed E-state index contributed by atoms with van der Waals surface area (Å²) in [7, 11) is 1.98. The molecule has 0 radical (unpaired) electrons. The number of para-hydroxylation sites is 1. The van der Waals surface area contributed by atoms with Crippen molar-refractivity contribution in [2.45, 2.75) is 52.4 Å². The lowest BCUT2D eigenvalue weighted by Gasteiger charge is -2.24. The number of pyridine rings is 1. The molecule has 33 heavy (non-hydrogen) atoms. The molecule has 0 aliphatic heterocycles. The van der Waals surface area contributed by atoms with Gasteiger partial charge in [-0.05, 0) is 24.3 Å². The number of nitrogens with zero attached hydrogens (tertiary/aromatic N) is 5. The number of aryl methyl sites for hydroxylation is 1. The van der Waals surface area contributed by atoms with Crippen molar-refractivity contribution in [2.24, 2.45) is 7.05 Å². The van der Waals surface area contributed by atoms with Gasteiger partial charge in [-0.3, -0.25) is 0 Å². The van der Waals surface area contributed by atoms with Crippen molar-refractivity contribution in [3.8, 4) is 22.9 Å². The van der Waals surface area contributed by atoms with Crippen molar-refractivity contribution < 1.29 is 4.42 Å². The van der Waals surface area contributed by atoms with Crippen LogP contribution in [0, 0.1) is 0 Å². The van der Waals surface area contributed by atoms with Gasteiger partial charge in [0, 0.05) is 41.0 Å². The van der Waals surface area contributed by atoms with Gasteiger partial charge in [0.1, 0.15) is 17.1 Å². The monoisotopic (exact) mass is 439 g/mol. The van der Waals surface area contributed by atoms with Gasteiger partial charge in [-0.2, -0.15) is 0 Å². The molecule has 1 aromatic carbocycles. The first-order valence-electron chi connectivity index (χ1n) is 11.2. The summed E-state index contributed by atoms with van der Waals surface area (Å²) >= 11 is 0. The minimum Gasteiger partial charge on any atom is -0.437 e. The quantitative estimate of drug-likeness (QED) is 0.317. The van der Waals surface area contributed by atoms with Gasteiger partial charge in [-0.15, -0.1) is 0 Å². The number of hydrogen-bond donors (Lipinski definition) is 0. The number of furan rings is 1. The first-order chi connectivity index (χ1) is 15.5. The highest BCUT2D eigenvalue weighted by atomic mass is 16.3. The van der Waals surface area contributed by atoms with E-state index >= 15 is 0 Å². The Labute approximate surface area is 193 Å². The van der Waals surface area contributed by atoms with E-state index in [1.807, 2.05) is 36.0 Å². The number of hydrogen-bond acceptors (Lipinski definition) is 5. The van der Waals surface area contributed by atoms with Crippen molar-refractivity contribution in [1.29, 1.82) is 0 Å². The Balaban J connectivity index is 1.71. The summed E-state index contributed by atoms with van der Waals surface area (Å²) in [6, 6.07) is 12.3. The molecule has 168 valence electrons. The molecule has 0 unspecified atom stereocenters. The van der Waals surface area contributed by atoms with Crippen LogP contribution in [0.1, 0.15) is 52.9 Å². The molecule has 0 saturated carbocycles. The highest BCUT2D eigenvalue weighted by Gasteiger charge is 2.24. The van der Waals surface area contributed by atoms with Crippen LogP contribution in [0.25, 0.3) is 45.0 Å². The van der Waals surface area contributed by atoms with E-state index in [0.717, 1.165) is 39.1 Å². The van der Waals surface area contributed by atoms with Gasteiger partial charge in [0.15, 0.2) is 5.82 Å². The molecule has 6 heteroatoms. The van der Waals surface area contributed by atoms with Crippen LogP contribution < -0.4 is 0 Å². The van der Waals surface area contributed by atoms with E-state index in [-0.39, 0.29) is 10.8 Å². The number of benzene rings is 1. The van der Waals surface area contributed by atoms with E-state index in [4.69, 9.17) is 19.4 Å². The van der Waals surface area contributed by atoms with Crippen LogP contribution in [0.3, 0.4) is 0 Å². The van der Waals surface area contributed by atoms with Gasteiger partial charge in [0.2, 0.25) is 5.71 Å². The van der Waals surface area contributed by atoms with Gasteiger partial charge in [0.25, 0.3) is 0 Å². The number of aromatic nitrogens is 5. The predicted molar refractivity (Wildman–Crippen MR) is 132 cm³/mol. The van der Waals surface area contributed by atoms with E-state index in [0.29, 0.717) is 17.2 Å². The molecule has 6 nitrogen and oxygen atoms in total. The van der Waals surface area contributed by atoms with Gasteiger partial charge in [0.05, 0.1) is 17.0 Å². The summed E-state index contributed by atoms with van der Waals surface area (Å²) in [4.78, 5) is 19.1. The van der Waals surface area contributed by atoms with Crippen LogP contribution in [0.4, 0.5) is 0 Å². The maximum absolute atomic E-state index is 6.30. The topological polar surface area (TPSA) is 69.6 Å². The normalized spacial score (nSPS) is 12.7. The minimum absolute atomic E-state index is 0.0991. The summed E-state index contributed by atoms with van der Waals surface area (Å²) in [5, 5.41) is 1.98. The zero-order valence-corrected chi connectivity index (χ0v) is 20.3. The van der Waals surface area contributed by atoms with Crippen LogP contribution >= 0.6 is 0 Å². The number of imidazole rings is 1. The fraction of sp³-hybridized carbons (Fsp3) is 0.333. The first-order valence-corrected chi connectivity index (χ1v) is 11.2. The van der Waals surface area contributed by atoms with Crippen LogP contribution in [0.5, 0.6) is 0 Å². The fourth-order valence-corrected chi connectivity index (χ4v) is 3.93. The Morgan fingerprint density at radius 2 is 1.52 bits per heavy atom. The summed E-state index contributed by atoms with van der Waals surface area (Å²) in [6.45, 7) is 13.0. The van der Waals surface area contributed by atoms with E-state index in [1.165, 1.54) is 0 Å². The minimum atomic E-state index is -0.0991. The van der Waals surface area contributed by atoms with Crippen LogP contribution in [-0.2, 0) is 17.9 Å². The second-order valence-electron chi connectivity index (χ2n) is 10.7. The summed E-state index contributed by atoms with van der Waals surface area (Å²) in [5.41, 5.74) is 4.81. The molecule has 0 atom stereocenters. The van der Waals surface area contributed by atoms with E-state index in [2.05, 4.69) is 64.7 Å². The maximum Gasteiger partial charge on any atom is 0.228 e. The molecule has 0 spiro atoms. The maximum atomic E-state index is 6.30. The van der Waals surface area contributed by atoms with Crippen molar-refractivity contribution >= 4 is 22.1 Å². The van der Waals surface area contributed by atoms with Crippen molar-refractivity contribution in [3.63, 3.8) is 0 Å². The molecular formula is C27H29N5O. The average Bonchev–Trinajstić information content (AvgIpc) is 3.34. The largest absolute Gasteiger partial charge is 0.437 e. The summed E-state index contributed by atoms with van der Waals surface area (Å²) < 4.78 is 8.29. The Kier molecular flexibility index (Phi) is 4.67. The van der Waals surface area contributed by atoms with E-state index < -0.39 is 0 Å². The summed E-state index contributed by atoms with van der Waals surface area (Å²) in [5.74, 6) is 1.48. The van der Waals surface area contributed by atoms with Gasteiger partial charge in [-0.25, -0.2) is 19.9 Å². The summed E-state index contributed by atoms with van der Waals surface area (Å²) in [6.07, 6.45) is 3.72. The lowest BCUT2D eigenvalue weighted by Crippen LogP contribution is -2.20. The van der Waals surface area contributed by atoms with Gasteiger partial charge < -0.3 is 8.98 Å². The molecule has 0 N–H and O–H groups in total. The lowest BCUT2D eigenvalue weighted by atomic mass is 9.86. The predicted octanol–water partition coefficient (Wildman–Crippen LogP) is 6.43. The lowest BCUT2D eigenvalue weighted by molar-refractivity contribution is 0.539. The third kappa shape index (κ3) is 3.69. The smallest absolute Gasteiger partial charge is 0.228 e. The van der Waals surface area contributed by atoms with E-state index in [9.17, 15) is 0 Å². The molecule has 0 saturated heterocycles. The molecule has 0 fully saturated rings. The second-order valence-corrected chi connectivity index (χ2v) is 10.7. The molecule has 0 aliphatic carbocycles. The van der Waals surface area contributed by atoms with Crippen LogP contribution in [-0.4, -0.2) is 24.5 Å². The highest BCUT2D eigenvalue weighted by molar-refractivity contribution is 6.08. The Hall–Kier alpha value is -3.54. The number of fused-ring (bicyclic) bond motifs is 3. The highest BCUT2D eigenvalue weighted by Crippen LogP contribution is 2.35. The Bertz CT molecular complexity index is 1460. The molecule has 4 heterocycles. The van der Waals surface area contributed by atoms with Crippen LogP contribution in [0.15, 0.2) is 53.2 Å². The zero-order valence-electron chi connectivity index (χ0n) is 20.3. The van der Waals surface area contributed by atoms with Gasteiger partial charge >= 0.3 is 0 Å². The zero-order chi connectivity index (χ0) is 23.5. The second kappa shape index (κ2) is 7.24. The average molecular weight is 440 g/mol. The molecule has 0 amide bonds. The van der Waals surface area contributed by atoms with E-state index in [1.54, 1.807) is 6.20 Å². The molecule has 4 aromatic heterocycles. The third-order valence-electron chi connectivity index (χ3n) is 5.92. The number of rotatable bonds is 2. The third-order valence-corrected chi connectivity index (χ3v) is 5.92. The molecule has 5 aromatic rings. The SMILES string of the molecule is Cn1ccnc1-c1cccc2c1oc1nc(-c3nc(C(C)(C)C)cc(C(C)(C)C)n3)ccc12. The molecule has 0 aliphatic rings. The molecular weight excluding hydrogens is 410 g/mol. The first kappa shape index (κ1) is 21.3. The Morgan fingerprint density at radius 3 is 2.12 bits per heavy atom. The Morgan fingerprint density at radius 1 is 0.818 bits per heavy atom. The molecule has 5 rings (SSSR count). The van der Waals surface area contributed by atoms with Crippen molar-refractivity contribution in [1.82, 2.24) is 24.5 Å². The van der Waals surface area contributed by atoms with Crippen LogP contribution in [0.2, 0.25) is 0 Å². The fourth-order valence-electron chi connectivity index (χ4n) is 3.93. The standard InChI is InChI=1S/C27H29N5O/c1-26(2,3)20-15-21(27(4,5)6)31-23(30-20)19-12-11-17-16-9-8-10-18(22(16)33-25(17)29-19)24-28-13-14-32(24)7/h8-15H,1-7H3.